The molecule has 0 heterocycles. The number of hydrogen-bond acceptors (Lipinski definition) is 2. The molecular weight excluding hydrogens is 232 g/mol. The van der Waals surface area contributed by atoms with Crippen LogP contribution in [0, 0.1) is 6.92 Å². The molecular formula is C17H30N2. The van der Waals surface area contributed by atoms with Crippen LogP contribution in [0.15, 0.2) is 24.3 Å². The zero-order valence-corrected chi connectivity index (χ0v) is 13.1. The molecule has 0 fully saturated rings. The van der Waals surface area contributed by atoms with E-state index in [1.54, 1.807) is 0 Å². The van der Waals surface area contributed by atoms with Gasteiger partial charge < -0.3 is 5.32 Å². The second kappa shape index (κ2) is 8.98. The van der Waals surface area contributed by atoms with Gasteiger partial charge >= 0.3 is 0 Å². The highest BCUT2D eigenvalue weighted by Gasteiger charge is 2.08. The highest BCUT2D eigenvalue weighted by atomic mass is 15.2. The normalized spacial score (nSPS) is 11.3. The standard InChI is InChI=1S/C17H30N2/c1-5-6-9-13-19(15(2)3)14-12-18-17-11-8-7-10-16(17)4/h7-8,10-11,15,18H,5-6,9,12-14H2,1-4H3. The van der Waals surface area contributed by atoms with E-state index in [4.69, 9.17) is 0 Å². The van der Waals surface area contributed by atoms with Crippen LogP contribution >= 0.6 is 0 Å². The predicted octanol–water partition coefficient (Wildman–Crippen LogP) is 4.31. The lowest BCUT2D eigenvalue weighted by atomic mass is 10.2. The maximum absolute atomic E-state index is 3.55. The van der Waals surface area contributed by atoms with Crippen molar-refractivity contribution in [3.8, 4) is 0 Å². The molecule has 0 atom stereocenters. The molecule has 2 nitrogen and oxygen atoms in total. The van der Waals surface area contributed by atoms with E-state index >= 15 is 0 Å². The molecule has 1 rings (SSSR count). The van der Waals surface area contributed by atoms with Crippen LogP contribution in [0.4, 0.5) is 5.69 Å². The van der Waals surface area contributed by atoms with Crippen molar-refractivity contribution >= 4 is 5.69 Å². The molecule has 1 N–H and O–H groups in total. The number of nitrogens with zero attached hydrogens (tertiary/aromatic N) is 1. The lowest BCUT2D eigenvalue weighted by molar-refractivity contribution is 0.225. The first-order valence-electron chi connectivity index (χ1n) is 7.68. The Hall–Kier alpha value is -1.02. The van der Waals surface area contributed by atoms with Crippen LogP contribution in [0.3, 0.4) is 0 Å². The monoisotopic (exact) mass is 262 g/mol. The number of rotatable bonds is 9. The van der Waals surface area contributed by atoms with E-state index < -0.39 is 0 Å². The number of hydrogen-bond donors (Lipinski definition) is 1. The summed E-state index contributed by atoms with van der Waals surface area (Å²) >= 11 is 0. The number of benzene rings is 1. The fraction of sp³-hybridized carbons (Fsp3) is 0.647. The number of unbranched alkanes of at least 4 members (excludes halogenated alkanes) is 2. The molecule has 0 bridgehead atoms. The van der Waals surface area contributed by atoms with Crippen molar-refractivity contribution in [1.29, 1.82) is 0 Å². The topological polar surface area (TPSA) is 15.3 Å². The minimum Gasteiger partial charge on any atom is -0.384 e. The Bertz CT molecular complexity index is 347. The summed E-state index contributed by atoms with van der Waals surface area (Å²) in [6.07, 6.45) is 3.96. The van der Waals surface area contributed by atoms with Crippen LogP contribution in [0.2, 0.25) is 0 Å². The van der Waals surface area contributed by atoms with Gasteiger partial charge in [-0.05, 0) is 45.4 Å². The van der Waals surface area contributed by atoms with Crippen LogP contribution in [-0.2, 0) is 0 Å². The van der Waals surface area contributed by atoms with E-state index in [0.717, 1.165) is 13.1 Å². The minimum atomic E-state index is 0.635. The molecule has 0 spiro atoms. The molecule has 0 aliphatic rings. The lowest BCUT2D eigenvalue weighted by Crippen LogP contribution is -2.35. The fourth-order valence-corrected chi connectivity index (χ4v) is 2.30. The van der Waals surface area contributed by atoms with E-state index in [1.165, 1.54) is 37.1 Å². The quantitative estimate of drug-likeness (QED) is 0.667. The maximum Gasteiger partial charge on any atom is 0.0370 e. The second-order valence-corrected chi connectivity index (χ2v) is 5.58. The maximum atomic E-state index is 3.55. The predicted molar refractivity (Wildman–Crippen MR) is 85.9 cm³/mol. The third-order valence-corrected chi connectivity index (χ3v) is 3.64. The number of nitrogens with one attached hydrogen (secondary N) is 1. The van der Waals surface area contributed by atoms with Crippen molar-refractivity contribution in [3.05, 3.63) is 29.8 Å². The van der Waals surface area contributed by atoms with Crippen molar-refractivity contribution in [1.82, 2.24) is 4.90 Å². The van der Waals surface area contributed by atoms with E-state index in [2.05, 4.69) is 62.2 Å². The van der Waals surface area contributed by atoms with E-state index in [0.29, 0.717) is 6.04 Å². The molecule has 0 radical (unpaired) electrons. The average molecular weight is 262 g/mol. The Balaban J connectivity index is 2.34. The van der Waals surface area contributed by atoms with Gasteiger partial charge in [-0.1, -0.05) is 38.0 Å². The van der Waals surface area contributed by atoms with Crippen molar-refractivity contribution in [2.24, 2.45) is 0 Å². The Morgan fingerprint density at radius 1 is 1.11 bits per heavy atom. The van der Waals surface area contributed by atoms with Gasteiger partial charge in [-0.3, -0.25) is 4.90 Å². The van der Waals surface area contributed by atoms with Crippen LogP contribution in [0.5, 0.6) is 0 Å². The zero-order chi connectivity index (χ0) is 14.1. The fourth-order valence-electron chi connectivity index (χ4n) is 2.30. The van der Waals surface area contributed by atoms with Crippen LogP contribution in [0.25, 0.3) is 0 Å². The molecule has 1 aromatic carbocycles. The van der Waals surface area contributed by atoms with Crippen LogP contribution in [0.1, 0.15) is 45.6 Å². The smallest absolute Gasteiger partial charge is 0.0370 e. The van der Waals surface area contributed by atoms with Gasteiger partial charge in [-0.2, -0.15) is 0 Å². The Kier molecular flexibility index (Phi) is 7.57. The van der Waals surface area contributed by atoms with Gasteiger partial charge in [0.25, 0.3) is 0 Å². The van der Waals surface area contributed by atoms with Gasteiger partial charge in [0, 0.05) is 24.8 Å². The summed E-state index contributed by atoms with van der Waals surface area (Å²) < 4.78 is 0. The molecule has 0 unspecified atom stereocenters. The molecule has 1 aromatic rings. The molecule has 0 saturated carbocycles. The molecule has 0 amide bonds. The summed E-state index contributed by atoms with van der Waals surface area (Å²) in [6.45, 7) is 12.4. The van der Waals surface area contributed by atoms with Gasteiger partial charge in [0.05, 0.1) is 0 Å². The molecule has 2 heteroatoms. The molecule has 19 heavy (non-hydrogen) atoms. The van der Waals surface area contributed by atoms with Gasteiger partial charge in [-0.25, -0.2) is 0 Å². The molecule has 0 saturated heterocycles. The van der Waals surface area contributed by atoms with Gasteiger partial charge in [0.2, 0.25) is 0 Å². The number of anilines is 1. The highest BCUT2D eigenvalue weighted by Crippen LogP contribution is 2.12. The summed E-state index contributed by atoms with van der Waals surface area (Å²) in [6, 6.07) is 9.13. The first kappa shape index (κ1) is 16.0. The minimum absolute atomic E-state index is 0.635. The Morgan fingerprint density at radius 3 is 2.47 bits per heavy atom. The molecule has 0 aromatic heterocycles. The zero-order valence-electron chi connectivity index (χ0n) is 13.1. The molecule has 0 aliphatic carbocycles. The van der Waals surface area contributed by atoms with Crippen molar-refractivity contribution in [2.45, 2.75) is 53.0 Å². The van der Waals surface area contributed by atoms with E-state index in [9.17, 15) is 0 Å². The largest absolute Gasteiger partial charge is 0.384 e. The van der Waals surface area contributed by atoms with Gasteiger partial charge in [0.15, 0.2) is 0 Å². The first-order valence-corrected chi connectivity index (χ1v) is 7.68. The average Bonchev–Trinajstić information content (AvgIpc) is 2.39. The summed E-state index contributed by atoms with van der Waals surface area (Å²) in [5.74, 6) is 0. The third kappa shape index (κ3) is 6.11. The van der Waals surface area contributed by atoms with Crippen LogP contribution < -0.4 is 5.32 Å². The molecule has 0 aliphatic heterocycles. The molecule has 108 valence electrons. The Morgan fingerprint density at radius 2 is 1.84 bits per heavy atom. The second-order valence-electron chi connectivity index (χ2n) is 5.58. The van der Waals surface area contributed by atoms with Crippen molar-refractivity contribution in [2.75, 3.05) is 25.0 Å². The summed E-state index contributed by atoms with van der Waals surface area (Å²) in [5.41, 5.74) is 2.59. The van der Waals surface area contributed by atoms with Gasteiger partial charge in [0.1, 0.15) is 0 Å². The Labute approximate surface area is 119 Å². The van der Waals surface area contributed by atoms with E-state index in [1.807, 2.05) is 0 Å². The third-order valence-electron chi connectivity index (χ3n) is 3.64. The first-order chi connectivity index (χ1) is 9.15. The van der Waals surface area contributed by atoms with Crippen molar-refractivity contribution < 1.29 is 0 Å². The number of para-hydroxylation sites is 1. The van der Waals surface area contributed by atoms with Gasteiger partial charge in [-0.15, -0.1) is 0 Å². The lowest BCUT2D eigenvalue weighted by Gasteiger charge is -2.26. The summed E-state index contributed by atoms with van der Waals surface area (Å²) in [7, 11) is 0. The van der Waals surface area contributed by atoms with E-state index in [-0.39, 0.29) is 0 Å². The van der Waals surface area contributed by atoms with Crippen molar-refractivity contribution in [3.63, 3.8) is 0 Å². The number of aryl methyl sites for hydroxylation is 1. The highest BCUT2D eigenvalue weighted by molar-refractivity contribution is 5.50. The van der Waals surface area contributed by atoms with Crippen LogP contribution in [-0.4, -0.2) is 30.6 Å². The summed E-state index contributed by atoms with van der Waals surface area (Å²) in [4.78, 5) is 2.57. The SMILES string of the molecule is CCCCCN(CCNc1ccccc1C)C(C)C. The summed E-state index contributed by atoms with van der Waals surface area (Å²) in [5, 5.41) is 3.55.